The largest absolute Gasteiger partial charge is 0.448 e. The molecule has 4 aromatic rings. The maximum Gasteiger partial charge on any atom is 0.297 e. The van der Waals surface area contributed by atoms with Crippen molar-refractivity contribution in [1.82, 2.24) is 9.55 Å². The first-order valence-corrected chi connectivity index (χ1v) is 10.2. The third-order valence-corrected chi connectivity index (χ3v) is 6.41. The van der Waals surface area contributed by atoms with Gasteiger partial charge in [0.1, 0.15) is 28.7 Å². The molecule has 0 unspecified atom stereocenters. The van der Waals surface area contributed by atoms with Crippen LogP contribution in [0, 0.1) is 11.3 Å². The number of fused-ring (bicyclic) bond motifs is 4. The zero-order valence-corrected chi connectivity index (χ0v) is 16.2. The van der Waals surface area contributed by atoms with Gasteiger partial charge in [0.25, 0.3) is 5.56 Å². The Morgan fingerprint density at radius 2 is 2.14 bits per heavy atom. The smallest absolute Gasteiger partial charge is 0.297 e. The molecule has 7 nitrogen and oxygen atoms in total. The van der Waals surface area contributed by atoms with Gasteiger partial charge >= 0.3 is 0 Å². The molecular formula is C21H16N4O3S. The normalized spacial score (nSPS) is 13.3. The summed E-state index contributed by atoms with van der Waals surface area (Å²) < 4.78 is 6.87. The van der Waals surface area contributed by atoms with Gasteiger partial charge in [-0.05, 0) is 43.4 Å². The van der Waals surface area contributed by atoms with Crippen LogP contribution in [0.15, 0.2) is 39.8 Å². The Kier molecular flexibility index (Phi) is 4.18. The van der Waals surface area contributed by atoms with Crippen molar-refractivity contribution >= 4 is 44.3 Å². The lowest BCUT2D eigenvalue weighted by atomic mass is 9.96. The van der Waals surface area contributed by atoms with Crippen LogP contribution in [-0.2, 0) is 24.2 Å². The second kappa shape index (κ2) is 6.87. The van der Waals surface area contributed by atoms with E-state index in [1.54, 1.807) is 6.07 Å². The van der Waals surface area contributed by atoms with Crippen LogP contribution >= 0.6 is 11.3 Å². The fourth-order valence-corrected chi connectivity index (χ4v) is 5.08. The molecular weight excluding hydrogens is 388 g/mol. The molecule has 0 spiro atoms. The molecule has 29 heavy (non-hydrogen) atoms. The van der Waals surface area contributed by atoms with Crippen LogP contribution in [0.5, 0.6) is 0 Å². The lowest BCUT2D eigenvalue weighted by molar-refractivity contribution is -0.116. The summed E-state index contributed by atoms with van der Waals surface area (Å²) in [5, 5.41) is 13.7. The Morgan fingerprint density at radius 1 is 1.31 bits per heavy atom. The van der Waals surface area contributed by atoms with E-state index in [1.165, 1.54) is 27.1 Å². The number of furan rings is 1. The number of para-hydroxylation sites is 1. The van der Waals surface area contributed by atoms with Crippen molar-refractivity contribution in [2.45, 2.75) is 32.2 Å². The Balaban J connectivity index is 1.44. The fraction of sp³-hybridized carbons (Fsp3) is 0.238. The van der Waals surface area contributed by atoms with Gasteiger partial charge in [0, 0.05) is 10.3 Å². The number of nitrogens with zero attached hydrogens (tertiary/aromatic N) is 3. The maximum absolute atomic E-state index is 12.8. The van der Waals surface area contributed by atoms with E-state index in [2.05, 4.69) is 16.4 Å². The molecule has 1 amide bonds. The van der Waals surface area contributed by atoms with Crippen LogP contribution in [0.25, 0.3) is 22.1 Å². The molecule has 0 bridgehead atoms. The standard InChI is InChI=1S/C21H16N4O3S/c22-9-14-12-5-2-4-8-16(12)29-20(14)24-17(26)10-25-11-23-18-13-6-1-3-7-15(13)28-19(18)21(25)27/h1,3,6-7,11H,2,4-5,8,10H2,(H,24,26). The van der Waals surface area contributed by atoms with E-state index >= 15 is 0 Å². The first-order valence-electron chi connectivity index (χ1n) is 9.37. The van der Waals surface area contributed by atoms with Crippen LogP contribution in [0.3, 0.4) is 0 Å². The highest BCUT2D eigenvalue weighted by Crippen LogP contribution is 2.37. The summed E-state index contributed by atoms with van der Waals surface area (Å²) in [4.78, 5) is 30.8. The number of anilines is 1. The van der Waals surface area contributed by atoms with Gasteiger partial charge in [-0.3, -0.25) is 14.2 Å². The number of nitrogens with one attached hydrogen (secondary N) is 1. The van der Waals surface area contributed by atoms with Crippen molar-refractivity contribution in [3.8, 4) is 6.07 Å². The molecule has 3 heterocycles. The molecule has 0 atom stereocenters. The molecule has 0 aliphatic heterocycles. The third kappa shape index (κ3) is 2.91. The highest BCUT2D eigenvalue weighted by molar-refractivity contribution is 7.16. The van der Waals surface area contributed by atoms with Gasteiger partial charge in [-0.2, -0.15) is 5.26 Å². The number of carbonyl (C=O) groups is 1. The minimum Gasteiger partial charge on any atom is -0.448 e. The van der Waals surface area contributed by atoms with Crippen molar-refractivity contribution < 1.29 is 9.21 Å². The van der Waals surface area contributed by atoms with Crippen molar-refractivity contribution in [1.29, 1.82) is 5.26 Å². The lowest BCUT2D eigenvalue weighted by Crippen LogP contribution is -2.27. The second-order valence-electron chi connectivity index (χ2n) is 7.03. The molecule has 0 fully saturated rings. The predicted molar refractivity (Wildman–Crippen MR) is 110 cm³/mol. The van der Waals surface area contributed by atoms with Gasteiger partial charge in [0.05, 0.1) is 11.9 Å². The molecule has 3 aromatic heterocycles. The summed E-state index contributed by atoms with van der Waals surface area (Å²) in [6.45, 7) is -0.202. The first kappa shape index (κ1) is 17.6. The summed E-state index contributed by atoms with van der Waals surface area (Å²) in [6, 6.07) is 9.51. The Bertz CT molecular complexity index is 1370. The van der Waals surface area contributed by atoms with E-state index in [0.29, 0.717) is 21.7 Å². The van der Waals surface area contributed by atoms with Crippen LogP contribution < -0.4 is 10.9 Å². The zero-order chi connectivity index (χ0) is 20.0. The van der Waals surface area contributed by atoms with Crippen molar-refractivity contribution in [3.05, 3.63) is 57.0 Å². The second-order valence-corrected chi connectivity index (χ2v) is 8.13. The fourth-order valence-electron chi connectivity index (χ4n) is 3.82. The van der Waals surface area contributed by atoms with Crippen LogP contribution in [0.4, 0.5) is 5.00 Å². The number of nitriles is 1. The van der Waals surface area contributed by atoms with Crippen molar-refractivity contribution in [2.24, 2.45) is 0 Å². The molecule has 8 heteroatoms. The van der Waals surface area contributed by atoms with Gasteiger partial charge in [-0.1, -0.05) is 12.1 Å². The summed E-state index contributed by atoms with van der Waals surface area (Å²) in [5.74, 6) is -0.376. The highest BCUT2D eigenvalue weighted by Gasteiger charge is 2.22. The summed E-state index contributed by atoms with van der Waals surface area (Å²) in [6.07, 6.45) is 5.33. The maximum atomic E-state index is 12.8. The minimum atomic E-state index is -0.410. The number of carbonyl (C=O) groups excluding carboxylic acids is 1. The molecule has 1 aliphatic carbocycles. The molecule has 1 N–H and O–H groups in total. The van der Waals surface area contributed by atoms with E-state index in [4.69, 9.17) is 4.42 Å². The number of rotatable bonds is 3. The van der Waals surface area contributed by atoms with Gasteiger partial charge < -0.3 is 9.73 Å². The van der Waals surface area contributed by atoms with Crippen molar-refractivity contribution in [2.75, 3.05) is 5.32 Å². The molecule has 0 radical (unpaired) electrons. The van der Waals surface area contributed by atoms with E-state index in [-0.39, 0.29) is 18.0 Å². The quantitative estimate of drug-likeness (QED) is 0.562. The van der Waals surface area contributed by atoms with Gasteiger partial charge in [0.15, 0.2) is 0 Å². The molecule has 144 valence electrons. The number of benzene rings is 1. The predicted octanol–water partition coefficient (Wildman–Crippen LogP) is 3.59. The van der Waals surface area contributed by atoms with Gasteiger partial charge in [-0.15, -0.1) is 11.3 Å². The summed E-state index contributed by atoms with van der Waals surface area (Å²) in [5.41, 5.74) is 2.40. The minimum absolute atomic E-state index is 0.130. The highest BCUT2D eigenvalue weighted by atomic mass is 32.1. The van der Waals surface area contributed by atoms with E-state index in [9.17, 15) is 14.9 Å². The summed E-state index contributed by atoms with van der Waals surface area (Å²) in [7, 11) is 0. The number of hydrogen-bond donors (Lipinski definition) is 1. The van der Waals surface area contributed by atoms with Crippen molar-refractivity contribution in [3.63, 3.8) is 0 Å². The molecule has 5 rings (SSSR count). The zero-order valence-electron chi connectivity index (χ0n) is 15.4. The van der Waals surface area contributed by atoms with Crippen LogP contribution in [0.2, 0.25) is 0 Å². The average molecular weight is 404 g/mol. The monoisotopic (exact) mass is 404 g/mol. The van der Waals surface area contributed by atoms with Gasteiger partial charge in [0.2, 0.25) is 11.5 Å². The molecule has 0 saturated heterocycles. The van der Waals surface area contributed by atoms with Crippen LogP contribution in [-0.4, -0.2) is 15.5 Å². The number of amides is 1. The summed E-state index contributed by atoms with van der Waals surface area (Å²) >= 11 is 1.46. The van der Waals surface area contributed by atoms with E-state index in [1.807, 2.05) is 18.2 Å². The number of thiophene rings is 1. The molecule has 1 aliphatic rings. The van der Waals surface area contributed by atoms with Gasteiger partial charge in [-0.25, -0.2) is 4.98 Å². The number of aromatic nitrogens is 2. The Morgan fingerprint density at radius 3 is 3.00 bits per heavy atom. The molecule has 1 aromatic carbocycles. The first-order chi connectivity index (χ1) is 14.2. The molecule has 0 saturated carbocycles. The van der Waals surface area contributed by atoms with Crippen LogP contribution in [0.1, 0.15) is 28.8 Å². The van der Waals surface area contributed by atoms with E-state index in [0.717, 1.165) is 36.6 Å². The average Bonchev–Trinajstić information content (AvgIpc) is 3.28. The number of aryl methyl sites for hydroxylation is 1. The third-order valence-electron chi connectivity index (χ3n) is 5.20. The lowest BCUT2D eigenvalue weighted by Gasteiger charge is -2.09. The Labute approximate surface area is 169 Å². The van der Waals surface area contributed by atoms with E-state index < -0.39 is 5.56 Å². The number of hydrogen-bond acceptors (Lipinski definition) is 6. The Hall–Kier alpha value is -3.44. The topological polar surface area (TPSA) is 101 Å². The SMILES string of the molecule is N#Cc1c(NC(=O)Cn2cnc3c(oc4ccccc43)c2=O)sc2c1CCCC2.